The molecule has 0 bridgehead atoms. The Morgan fingerprint density at radius 2 is 1.95 bits per heavy atom. The Balaban J connectivity index is 1.40. The lowest BCUT2D eigenvalue weighted by molar-refractivity contribution is 0.0279. The van der Waals surface area contributed by atoms with Crippen LogP contribution in [0.4, 0.5) is 14.3 Å². The Morgan fingerprint density at radius 3 is 2.60 bits per heavy atom. The number of aliphatic hydroxyl groups excluding tert-OH is 1. The summed E-state index contributed by atoms with van der Waals surface area (Å²) in [5.74, 6) is 0.266. The molecule has 2 aromatic rings. The first-order valence-electron chi connectivity index (χ1n) is 14.0. The van der Waals surface area contributed by atoms with E-state index in [2.05, 4.69) is 20.5 Å². The number of rotatable bonds is 9. The second-order valence-corrected chi connectivity index (χ2v) is 13.1. The van der Waals surface area contributed by atoms with E-state index < -0.39 is 12.0 Å². The summed E-state index contributed by atoms with van der Waals surface area (Å²) in [6.07, 6.45) is 1.65. The van der Waals surface area contributed by atoms with Crippen molar-refractivity contribution in [2.75, 3.05) is 38.0 Å². The molecule has 1 aromatic carbocycles. The summed E-state index contributed by atoms with van der Waals surface area (Å²) in [6, 6.07) is 6.58. The number of aryl methyl sites for hydroxylation is 1. The average molecular weight is 576 g/mol. The molecule has 2 fully saturated rings. The highest BCUT2D eigenvalue weighted by molar-refractivity contribution is 7.17. The fraction of sp³-hybridized carbons (Fsp3) is 0.621. The second-order valence-electron chi connectivity index (χ2n) is 12.1. The van der Waals surface area contributed by atoms with Crippen LogP contribution in [0.5, 0.6) is 0 Å². The molecule has 1 unspecified atom stereocenters. The molecule has 11 heteroatoms. The molecule has 4 rings (SSSR count). The van der Waals surface area contributed by atoms with Gasteiger partial charge in [0, 0.05) is 45.1 Å². The predicted molar refractivity (Wildman–Crippen MR) is 154 cm³/mol. The molecule has 4 atom stereocenters. The number of ether oxygens (including phenoxy) is 1. The first-order chi connectivity index (χ1) is 18.9. The molecule has 0 spiro atoms. The van der Waals surface area contributed by atoms with Gasteiger partial charge in [-0.05, 0) is 77.1 Å². The van der Waals surface area contributed by atoms with E-state index in [0.29, 0.717) is 34.7 Å². The van der Waals surface area contributed by atoms with E-state index in [1.165, 1.54) is 30.4 Å². The zero-order valence-electron chi connectivity index (χ0n) is 24.1. The van der Waals surface area contributed by atoms with Gasteiger partial charge < -0.3 is 25.0 Å². The van der Waals surface area contributed by atoms with E-state index >= 15 is 0 Å². The molecule has 40 heavy (non-hydrogen) atoms. The van der Waals surface area contributed by atoms with Gasteiger partial charge in [0.25, 0.3) is 0 Å². The van der Waals surface area contributed by atoms with Gasteiger partial charge in [0.15, 0.2) is 17.3 Å². The van der Waals surface area contributed by atoms with Gasteiger partial charge in [0.2, 0.25) is 0 Å². The standard InChI is InChI=1S/C29H42FN5O4S/c1-18-25(19(2)36)40-27(31-18)33-26(37)32-24-17-35(28(38)39-29(3,4)5)16-22(24)15-34-12-6-7-21(14-34)13-20-8-10-23(30)11-9-20/h8-11,21-22,24,26,32,37H,6-7,12-17H2,1-5H3,(H,31,33)/t21-,22-,24+,26?/m0/s1. The Labute approximate surface area is 240 Å². The molecule has 0 saturated carbocycles. The van der Waals surface area contributed by atoms with Crippen LogP contribution in [0.1, 0.15) is 61.5 Å². The van der Waals surface area contributed by atoms with Crippen molar-refractivity contribution in [3.63, 3.8) is 0 Å². The third-order valence-corrected chi connectivity index (χ3v) is 8.56. The van der Waals surface area contributed by atoms with Crippen molar-refractivity contribution >= 4 is 28.3 Å². The Hall–Kier alpha value is -2.60. The number of thiazole rings is 1. The van der Waals surface area contributed by atoms with Crippen molar-refractivity contribution in [2.24, 2.45) is 11.8 Å². The normalized spacial score (nSPS) is 22.8. The molecule has 1 aromatic heterocycles. The predicted octanol–water partition coefficient (Wildman–Crippen LogP) is 4.26. The molecular weight excluding hydrogens is 533 g/mol. The number of halogens is 1. The lowest BCUT2D eigenvalue weighted by atomic mass is 9.90. The fourth-order valence-electron chi connectivity index (χ4n) is 5.64. The molecule has 0 aliphatic carbocycles. The van der Waals surface area contributed by atoms with E-state index in [1.54, 1.807) is 11.8 Å². The van der Waals surface area contributed by atoms with Crippen LogP contribution in [-0.4, -0.2) is 82.5 Å². The molecule has 3 heterocycles. The van der Waals surface area contributed by atoms with E-state index in [0.717, 1.165) is 44.5 Å². The number of aliphatic hydroxyl groups is 1. The summed E-state index contributed by atoms with van der Waals surface area (Å²) in [6.45, 7) is 12.4. The molecular formula is C29H42FN5O4S. The number of likely N-dealkylation sites (tertiary alicyclic amines) is 2. The summed E-state index contributed by atoms with van der Waals surface area (Å²) in [5.41, 5.74) is 1.17. The number of hydrogen-bond donors (Lipinski definition) is 3. The molecule has 9 nitrogen and oxygen atoms in total. The van der Waals surface area contributed by atoms with Crippen molar-refractivity contribution in [2.45, 2.75) is 71.9 Å². The summed E-state index contributed by atoms with van der Waals surface area (Å²) in [7, 11) is 0. The average Bonchev–Trinajstić information content (AvgIpc) is 3.42. The van der Waals surface area contributed by atoms with Gasteiger partial charge in [-0.2, -0.15) is 0 Å². The smallest absolute Gasteiger partial charge is 0.410 e. The van der Waals surface area contributed by atoms with Crippen molar-refractivity contribution in [3.05, 3.63) is 46.2 Å². The molecule has 3 N–H and O–H groups in total. The van der Waals surface area contributed by atoms with Gasteiger partial charge in [0.1, 0.15) is 11.4 Å². The number of ketones is 1. The van der Waals surface area contributed by atoms with E-state index in [1.807, 2.05) is 32.9 Å². The fourth-order valence-corrected chi connectivity index (χ4v) is 6.52. The number of aromatic nitrogens is 1. The highest BCUT2D eigenvalue weighted by atomic mass is 32.1. The minimum atomic E-state index is -1.11. The summed E-state index contributed by atoms with van der Waals surface area (Å²) < 4.78 is 19.0. The van der Waals surface area contributed by atoms with Crippen LogP contribution < -0.4 is 10.6 Å². The maximum Gasteiger partial charge on any atom is 0.410 e. The zero-order valence-corrected chi connectivity index (χ0v) is 24.9. The van der Waals surface area contributed by atoms with Crippen molar-refractivity contribution in [3.8, 4) is 0 Å². The third kappa shape index (κ3) is 8.45. The SMILES string of the molecule is CC(=O)c1sc(NC(O)N[C@@H]2CN(C(=O)OC(C)(C)C)C[C@@H]2CN2CCC[C@@H](Cc3ccc(F)cc3)C2)nc1C. The minimum Gasteiger partial charge on any atom is -0.444 e. The maximum atomic E-state index is 13.3. The van der Waals surface area contributed by atoms with Crippen LogP contribution in [0.15, 0.2) is 24.3 Å². The number of piperidine rings is 1. The minimum absolute atomic E-state index is 0.0615. The lowest BCUT2D eigenvalue weighted by Crippen LogP contribution is -2.50. The third-order valence-electron chi connectivity index (χ3n) is 7.37. The topological polar surface area (TPSA) is 107 Å². The second kappa shape index (κ2) is 12.9. The van der Waals surface area contributed by atoms with Crippen LogP contribution in [0.2, 0.25) is 0 Å². The van der Waals surface area contributed by atoms with Crippen molar-refractivity contribution in [1.82, 2.24) is 20.1 Å². The lowest BCUT2D eigenvalue weighted by Gasteiger charge is -2.35. The number of anilines is 1. The molecule has 1 amide bonds. The quantitative estimate of drug-likeness (QED) is 0.301. The van der Waals surface area contributed by atoms with Gasteiger partial charge in [-0.25, -0.2) is 14.2 Å². The number of carbonyl (C=O) groups is 2. The zero-order chi connectivity index (χ0) is 29.0. The molecule has 0 radical (unpaired) electrons. The number of carbonyl (C=O) groups excluding carboxylic acids is 2. The molecule has 220 valence electrons. The number of amides is 1. The summed E-state index contributed by atoms with van der Waals surface area (Å²) in [4.78, 5) is 33.8. The van der Waals surface area contributed by atoms with Crippen LogP contribution >= 0.6 is 11.3 Å². The summed E-state index contributed by atoms with van der Waals surface area (Å²) in [5, 5.41) is 17.5. The highest BCUT2D eigenvalue weighted by Crippen LogP contribution is 2.27. The number of benzene rings is 1. The Bertz CT molecular complexity index is 1170. The van der Waals surface area contributed by atoms with E-state index in [9.17, 15) is 19.1 Å². The molecule has 2 saturated heterocycles. The number of nitrogens with one attached hydrogen (secondary N) is 2. The van der Waals surface area contributed by atoms with Gasteiger partial charge in [-0.15, -0.1) is 0 Å². The van der Waals surface area contributed by atoms with Crippen LogP contribution in [0, 0.1) is 24.6 Å². The van der Waals surface area contributed by atoms with Gasteiger partial charge in [0.05, 0.1) is 10.6 Å². The highest BCUT2D eigenvalue weighted by Gasteiger charge is 2.39. The first-order valence-corrected chi connectivity index (χ1v) is 14.8. The Morgan fingerprint density at radius 1 is 1.23 bits per heavy atom. The number of Topliss-reactive ketones (excluding diaryl/α,β-unsaturated/α-hetero) is 1. The van der Waals surface area contributed by atoms with Crippen LogP contribution in [0.3, 0.4) is 0 Å². The first kappa shape index (κ1) is 30.4. The number of nitrogens with zero attached hydrogens (tertiary/aromatic N) is 3. The van der Waals surface area contributed by atoms with E-state index in [4.69, 9.17) is 4.74 Å². The summed E-state index contributed by atoms with van der Waals surface area (Å²) >= 11 is 1.21. The number of hydrogen-bond acceptors (Lipinski definition) is 9. The molecule has 2 aliphatic heterocycles. The van der Waals surface area contributed by atoms with Crippen LogP contribution in [-0.2, 0) is 11.2 Å². The van der Waals surface area contributed by atoms with E-state index in [-0.39, 0.29) is 29.7 Å². The largest absolute Gasteiger partial charge is 0.444 e. The van der Waals surface area contributed by atoms with Gasteiger partial charge >= 0.3 is 6.09 Å². The van der Waals surface area contributed by atoms with Crippen LogP contribution in [0.25, 0.3) is 0 Å². The molecule has 2 aliphatic rings. The maximum absolute atomic E-state index is 13.3. The van der Waals surface area contributed by atoms with Crippen molar-refractivity contribution in [1.29, 1.82) is 0 Å². The van der Waals surface area contributed by atoms with Gasteiger partial charge in [-0.3, -0.25) is 10.1 Å². The Kier molecular flexibility index (Phi) is 9.81. The monoisotopic (exact) mass is 575 g/mol. The van der Waals surface area contributed by atoms with Gasteiger partial charge in [-0.1, -0.05) is 23.5 Å². The van der Waals surface area contributed by atoms with Crippen molar-refractivity contribution < 1.29 is 23.8 Å².